The highest BCUT2D eigenvalue weighted by Gasteiger charge is 2.35. The summed E-state index contributed by atoms with van der Waals surface area (Å²) in [6.07, 6.45) is -4.18. The maximum Gasteiger partial charge on any atom is 0.431 e. The van der Waals surface area contributed by atoms with Gasteiger partial charge in [0, 0.05) is 19.2 Å². The predicted molar refractivity (Wildman–Crippen MR) is 101 cm³/mol. The topological polar surface area (TPSA) is 99.8 Å². The number of hydrogen-bond donors (Lipinski definition) is 1. The van der Waals surface area contributed by atoms with Crippen molar-refractivity contribution in [2.24, 2.45) is 7.05 Å². The molecule has 0 aliphatic heterocycles. The first-order chi connectivity index (χ1) is 13.9. The molecule has 0 aliphatic carbocycles. The summed E-state index contributed by atoms with van der Waals surface area (Å²) < 4.78 is 49.9. The number of methoxy groups -OCH3 is 1. The minimum atomic E-state index is -4.92. The average molecular weight is 469 g/mol. The molecule has 0 fully saturated rings. The third-order valence-corrected chi connectivity index (χ3v) is 4.37. The lowest BCUT2D eigenvalue weighted by Gasteiger charge is -2.16. The van der Waals surface area contributed by atoms with Gasteiger partial charge in [-0.15, -0.1) is 0 Å². The monoisotopic (exact) mass is 468 g/mol. The first-order valence-electron chi connectivity index (χ1n) is 7.86. The van der Waals surface area contributed by atoms with Crippen LogP contribution in [0.25, 0.3) is 5.69 Å². The summed E-state index contributed by atoms with van der Waals surface area (Å²) in [4.78, 5) is 35.4. The number of benzene rings is 1. The highest BCUT2D eigenvalue weighted by Crippen LogP contribution is 2.33. The maximum atomic E-state index is 13.0. The van der Waals surface area contributed by atoms with Crippen LogP contribution < -0.4 is 16.0 Å². The largest absolute Gasteiger partial charge is 0.497 e. The second kappa shape index (κ2) is 8.84. The molecule has 0 saturated heterocycles. The quantitative estimate of drug-likeness (QED) is 0.516. The number of nitrogens with zero attached hydrogens (tertiary/aromatic N) is 2. The van der Waals surface area contributed by atoms with Crippen molar-refractivity contribution < 1.29 is 32.5 Å². The summed E-state index contributed by atoms with van der Waals surface area (Å²) in [6.45, 7) is -0.385. The number of aromatic nitrogens is 2. The van der Waals surface area contributed by atoms with E-state index in [9.17, 15) is 27.6 Å². The highest BCUT2D eigenvalue weighted by atomic mass is 35.5. The fraction of sp³-hybridized carbons (Fsp3) is 0.235. The Kier molecular flexibility index (Phi) is 6.88. The van der Waals surface area contributed by atoms with Crippen LogP contribution in [0.5, 0.6) is 5.75 Å². The molecule has 0 unspecified atom stereocenters. The Bertz CT molecular complexity index is 1140. The van der Waals surface area contributed by atoms with Crippen LogP contribution in [0.3, 0.4) is 0 Å². The molecule has 0 aliphatic rings. The van der Waals surface area contributed by atoms with E-state index in [4.69, 9.17) is 37.8 Å². The van der Waals surface area contributed by atoms with Crippen molar-refractivity contribution in [3.05, 3.63) is 66.6 Å². The fourth-order valence-corrected chi connectivity index (χ4v) is 2.89. The zero-order valence-electron chi connectivity index (χ0n) is 15.3. The summed E-state index contributed by atoms with van der Waals surface area (Å²) in [5.41, 5.74) is -4.28. The Labute approximate surface area is 176 Å². The van der Waals surface area contributed by atoms with E-state index < -0.39 is 29.1 Å². The van der Waals surface area contributed by atoms with E-state index in [2.05, 4.69) is 0 Å². The van der Waals surface area contributed by atoms with Crippen molar-refractivity contribution in [3.8, 4) is 11.4 Å². The van der Waals surface area contributed by atoms with Gasteiger partial charge >= 0.3 is 17.8 Å². The number of carboxylic acids is 1. The van der Waals surface area contributed by atoms with E-state index in [1.165, 1.54) is 7.11 Å². The lowest BCUT2D eigenvalue weighted by Crippen LogP contribution is -2.40. The van der Waals surface area contributed by atoms with Gasteiger partial charge in [-0.05, 0) is 6.07 Å². The summed E-state index contributed by atoms with van der Waals surface area (Å²) in [6, 6.07) is 2.44. The summed E-state index contributed by atoms with van der Waals surface area (Å²) in [5.74, 6) is -1.51. The number of hydrogen-bond acceptors (Lipinski definition) is 5. The summed E-state index contributed by atoms with van der Waals surface area (Å²) in [5, 5.41) is 8.48. The van der Waals surface area contributed by atoms with Gasteiger partial charge in [0.15, 0.2) is 0 Å². The molecule has 0 amide bonds. The van der Waals surface area contributed by atoms with Gasteiger partial charge in [-0.25, -0.2) is 14.2 Å². The lowest BCUT2D eigenvalue weighted by atomic mass is 10.2. The van der Waals surface area contributed by atoms with E-state index >= 15 is 0 Å². The standard InChI is InChI=1S/C17H13Cl2F3N2O6/c1-23-13(17(20,21)22)6-14(25)24(16(23)28)11-5-12(10(19)4-9(11)18)30-7-8(29-2)3-15(26)27/h3-6H,7H2,1-2H3,(H,26,27). The normalized spacial score (nSPS) is 12.0. The van der Waals surface area contributed by atoms with Crippen LogP contribution >= 0.6 is 23.2 Å². The first kappa shape index (κ1) is 23.4. The number of aliphatic carboxylic acids is 1. The second-order valence-corrected chi connectivity index (χ2v) is 6.53. The van der Waals surface area contributed by atoms with E-state index in [1.54, 1.807) is 0 Å². The number of halogens is 5. The fourth-order valence-electron chi connectivity index (χ4n) is 2.37. The molecule has 8 nitrogen and oxygen atoms in total. The molecule has 13 heteroatoms. The van der Waals surface area contributed by atoms with E-state index in [-0.39, 0.29) is 44.5 Å². The third-order valence-electron chi connectivity index (χ3n) is 3.77. The van der Waals surface area contributed by atoms with Crippen molar-refractivity contribution >= 4 is 29.2 Å². The molecule has 30 heavy (non-hydrogen) atoms. The number of ether oxygens (including phenoxy) is 2. The minimum absolute atomic E-state index is 0.0636. The Hall–Kier alpha value is -2.92. The molecule has 2 aromatic rings. The molecule has 2 rings (SSSR count). The molecule has 0 spiro atoms. The zero-order chi connectivity index (χ0) is 22.8. The zero-order valence-corrected chi connectivity index (χ0v) is 16.8. The molecule has 1 aromatic heterocycles. The van der Waals surface area contributed by atoms with Gasteiger partial charge in [-0.1, -0.05) is 23.2 Å². The van der Waals surface area contributed by atoms with Crippen LogP contribution in [0.15, 0.2) is 39.6 Å². The average Bonchev–Trinajstić information content (AvgIpc) is 2.63. The van der Waals surface area contributed by atoms with Crippen molar-refractivity contribution in [3.63, 3.8) is 0 Å². The second-order valence-electron chi connectivity index (χ2n) is 5.72. The van der Waals surface area contributed by atoms with Crippen LogP contribution in [0.2, 0.25) is 10.0 Å². The van der Waals surface area contributed by atoms with Gasteiger partial charge < -0.3 is 14.6 Å². The van der Waals surface area contributed by atoms with Crippen LogP contribution in [0.1, 0.15) is 5.69 Å². The smallest absolute Gasteiger partial charge is 0.431 e. The van der Waals surface area contributed by atoms with Crippen molar-refractivity contribution in [2.75, 3.05) is 13.7 Å². The van der Waals surface area contributed by atoms with E-state index in [1.807, 2.05) is 0 Å². The lowest BCUT2D eigenvalue weighted by molar-refractivity contribution is -0.144. The van der Waals surface area contributed by atoms with E-state index in [0.717, 1.165) is 25.3 Å². The number of carbonyl (C=O) groups is 1. The first-order valence-corrected chi connectivity index (χ1v) is 8.62. The number of rotatable bonds is 6. The van der Waals surface area contributed by atoms with Gasteiger partial charge in [0.1, 0.15) is 23.8 Å². The van der Waals surface area contributed by atoms with Gasteiger partial charge in [0.2, 0.25) is 0 Å². The predicted octanol–water partition coefficient (Wildman–Crippen LogP) is 2.86. The molecule has 1 aromatic carbocycles. The molecular weight excluding hydrogens is 456 g/mol. The molecule has 0 bridgehead atoms. The molecule has 1 heterocycles. The Morgan fingerprint density at radius 2 is 1.83 bits per heavy atom. The molecule has 0 radical (unpaired) electrons. The summed E-state index contributed by atoms with van der Waals surface area (Å²) in [7, 11) is 2.06. The van der Waals surface area contributed by atoms with Crippen molar-refractivity contribution in [1.82, 2.24) is 9.13 Å². The highest BCUT2D eigenvalue weighted by molar-refractivity contribution is 6.36. The SMILES string of the molecule is COC(=CC(=O)O)COc1cc(-n2c(=O)cc(C(F)(F)F)n(C)c2=O)c(Cl)cc1Cl. The number of carboxylic acid groups (broad SMARTS) is 1. The van der Waals surface area contributed by atoms with Crippen molar-refractivity contribution in [1.29, 1.82) is 0 Å². The van der Waals surface area contributed by atoms with Crippen molar-refractivity contribution in [2.45, 2.75) is 6.18 Å². The molecule has 0 saturated carbocycles. The molecule has 0 atom stereocenters. The molecule has 162 valence electrons. The Morgan fingerprint density at radius 3 is 2.37 bits per heavy atom. The van der Waals surface area contributed by atoms with E-state index in [0.29, 0.717) is 4.57 Å². The van der Waals surface area contributed by atoms with Gasteiger partial charge in [0.25, 0.3) is 5.56 Å². The minimum Gasteiger partial charge on any atom is -0.497 e. The van der Waals surface area contributed by atoms with Gasteiger partial charge in [-0.3, -0.25) is 9.36 Å². The van der Waals surface area contributed by atoms with Crippen LogP contribution in [0.4, 0.5) is 13.2 Å². The molecule has 1 N–H and O–H groups in total. The van der Waals surface area contributed by atoms with Gasteiger partial charge in [0.05, 0.1) is 28.9 Å². The number of alkyl halides is 3. The summed E-state index contributed by atoms with van der Waals surface area (Å²) >= 11 is 12.0. The third kappa shape index (κ3) is 4.97. The van der Waals surface area contributed by atoms with Crippen LogP contribution in [0, 0.1) is 0 Å². The molecular formula is C17H13Cl2F3N2O6. The Morgan fingerprint density at radius 1 is 1.20 bits per heavy atom. The Balaban J connectivity index is 2.58. The van der Waals surface area contributed by atoms with Crippen LogP contribution in [-0.2, 0) is 22.8 Å². The van der Waals surface area contributed by atoms with Gasteiger partial charge in [-0.2, -0.15) is 13.2 Å². The van der Waals surface area contributed by atoms with Crippen LogP contribution in [-0.4, -0.2) is 33.9 Å². The maximum absolute atomic E-state index is 13.0.